The lowest BCUT2D eigenvalue weighted by Crippen LogP contribution is -2.44. The van der Waals surface area contributed by atoms with Gasteiger partial charge in [0.25, 0.3) is 0 Å². The number of halogens is 4. The summed E-state index contributed by atoms with van der Waals surface area (Å²) >= 11 is 7.09. The van der Waals surface area contributed by atoms with Gasteiger partial charge in [-0.3, -0.25) is 14.6 Å². The van der Waals surface area contributed by atoms with E-state index >= 15 is 0 Å². The summed E-state index contributed by atoms with van der Waals surface area (Å²) in [5.74, 6) is -0.0325. The molecule has 57 heavy (non-hydrogen) atoms. The van der Waals surface area contributed by atoms with Crippen molar-refractivity contribution in [1.29, 1.82) is 0 Å². The van der Waals surface area contributed by atoms with Crippen LogP contribution >= 0.6 is 11.6 Å². The van der Waals surface area contributed by atoms with E-state index in [1.165, 1.54) is 7.11 Å². The molecular formula is C41H45ClF3N7O5. The molecule has 12 nitrogen and oxygen atoms in total. The molecule has 0 radical (unpaired) electrons. The van der Waals surface area contributed by atoms with Gasteiger partial charge in [0.05, 0.1) is 30.6 Å². The van der Waals surface area contributed by atoms with Crippen LogP contribution in [0.4, 0.5) is 13.2 Å². The van der Waals surface area contributed by atoms with Crippen LogP contribution in [0.2, 0.25) is 5.02 Å². The smallest absolute Gasteiger partial charge is 0.421 e. The molecule has 0 unspecified atom stereocenters. The number of nitrogens with one attached hydrogen (secondary N) is 3. The zero-order chi connectivity index (χ0) is 40.3. The fourth-order valence-electron chi connectivity index (χ4n) is 7.84. The number of carbonyl (C=O) groups is 2. The van der Waals surface area contributed by atoms with Crippen molar-refractivity contribution in [2.24, 2.45) is 0 Å². The third-order valence-electron chi connectivity index (χ3n) is 10.9. The Labute approximate surface area is 333 Å². The van der Waals surface area contributed by atoms with Crippen LogP contribution in [0, 0.1) is 0 Å². The van der Waals surface area contributed by atoms with E-state index in [0.29, 0.717) is 66.6 Å². The maximum absolute atomic E-state index is 14.5. The summed E-state index contributed by atoms with van der Waals surface area (Å²) in [5, 5.41) is 9.89. The van der Waals surface area contributed by atoms with Crippen molar-refractivity contribution in [2.75, 3.05) is 33.9 Å². The van der Waals surface area contributed by atoms with Gasteiger partial charge >= 0.3 is 6.18 Å². The molecule has 3 aromatic heterocycles. The van der Waals surface area contributed by atoms with E-state index < -0.39 is 23.7 Å². The van der Waals surface area contributed by atoms with Gasteiger partial charge in [0.15, 0.2) is 0 Å². The molecule has 1 aromatic carbocycles. The number of pyridine rings is 3. The van der Waals surface area contributed by atoms with E-state index in [9.17, 15) is 22.8 Å². The minimum Gasteiger partial charge on any atom is -0.481 e. The normalized spacial score (nSPS) is 18.4. The average molecular weight is 808 g/mol. The van der Waals surface area contributed by atoms with Crippen LogP contribution in [0.25, 0.3) is 22.5 Å². The maximum Gasteiger partial charge on any atom is 0.421 e. The van der Waals surface area contributed by atoms with Crippen molar-refractivity contribution >= 4 is 23.4 Å². The summed E-state index contributed by atoms with van der Waals surface area (Å²) in [6.07, 6.45) is -0.0658. The van der Waals surface area contributed by atoms with Gasteiger partial charge in [-0.2, -0.15) is 18.2 Å². The molecule has 3 N–H and O–H groups in total. The number of piperidine rings is 1. The molecule has 2 fully saturated rings. The summed E-state index contributed by atoms with van der Waals surface area (Å²) in [6.45, 7) is 4.06. The fraction of sp³-hybridized carbons (Fsp3) is 0.439. The number of amides is 2. The number of rotatable bonds is 13. The molecule has 2 aliphatic heterocycles. The van der Waals surface area contributed by atoms with Crippen molar-refractivity contribution in [1.82, 2.24) is 35.8 Å². The Kier molecular flexibility index (Phi) is 12.2. The summed E-state index contributed by atoms with van der Waals surface area (Å²) in [5.41, 5.74) is 4.19. The third-order valence-corrected chi connectivity index (χ3v) is 11.2. The number of ether oxygens (including phenoxy) is 3. The van der Waals surface area contributed by atoms with Crippen LogP contribution in [0.3, 0.4) is 0 Å². The Morgan fingerprint density at radius 1 is 0.947 bits per heavy atom. The Bertz CT molecular complexity index is 2130. The topological polar surface area (TPSA) is 140 Å². The Balaban J connectivity index is 1.09. The van der Waals surface area contributed by atoms with Crippen LogP contribution < -0.4 is 30.2 Å². The Hall–Kier alpha value is -4.99. The molecular weight excluding hydrogens is 763 g/mol. The second kappa shape index (κ2) is 17.2. The number of methoxy groups -OCH3 is 2. The van der Waals surface area contributed by atoms with Gasteiger partial charge in [0.1, 0.15) is 11.7 Å². The number of fused-ring (bicyclic) bond motifs is 1. The number of hydrogen-bond donors (Lipinski definition) is 3. The minimum atomic E-state index is -4.75. The van der Waals surface area contributed by atoms with Crippen LogP contribution in [0.15, 0.2) is 48.7 Å². The third kappa shape index (κ3) is 8.95. The lowest BCUT2D eigenvalue weighted by atomic mass is 9.98. The first-order valence-electron chi connectivity index (χ1n) is 19.0. The van der Waals surface area contributed by atoms with Crippen molar-refractivity contribution in [3.05, 3.63) is 81.5 Å². The zero-order valence-electron chi connectivity index (χ0n) is 32.0. The predicted molar refractivity (Wildman–Crippen MR) is 207 cm³/mol. The van der Waals surface area contributed by atoms with E-state index in [1.807, 2.05) is 35.2 Å². The molecule has 2 atom stereocenters. The molecule has 0 saturated carbocycles. The number of alkyl halides is 3. The molecule has 3 aliphatic rings. The summed E-state index contributed by atoms with van der Waals surface area (Å²) in [4.78, 5) is 38.8. The van der Waals surface area contributed by atoms with E-state index in [4.69, 9.17) is 30.8 Å². The zero-order valence-corrected chi connectivity index (χ0v) is 32.7. The molecule has 0 bridgehead atoms. The Morgan fingerprint density at radius 2 is 1.72 bits per heavy atom. The van der Waals surface area contributed by atoms with Gasteiger partial charge in [-0.05, 0) is 61.4 Å². The van der Waals surface area contributed by atoms with Crippen LogP contribution in [0.5, 0.6) is 17.6 Å². The van der Waals surface area contributed by atoms with Crippen molar-refractivity contribution in [2.45, 2.75) is 82.9 Å². The van der Waals surface area contributed by atoms with Gasteiger partial charge in [-0.25, -0.2) is 4.98 Å². The fourth-order valence-corrected chi connectivity index (χ4v) is 8.15. The van der Waals surface area contributed by atoms with Gasteiger partial charge in [0.2, 0.25) is 29.5 Å². The molecule has 302 valence electrons. The lowest BCUT2D eigenvalue weighted by Gasteiger charge is -2.31. The highest BCUT2D eigenvalue weighted by Crippen LogP contribution is 2.45. The highest BCUT2D eigenvalue weighted by molar-refractivity contribution is 6.35. The van der Waals surface area contributed by atoms with Crippen LogP contribution in [-0.2, 0) is 35.3 Å². The number of hydrogen-bond acceptors (Lipinski definition) is 10. The van der Waals surface area contributed by atoms with Gasteiger partial charge in [-0.15, -0.1) is 0 Å². The number of carbonyl (C=O) groups excluding carboxylic acids is 2. The average Bonchev–Trinajstić information content (AvgIpc) is 3.82. The second-order valence-corrected chi connectivity index (χ2v) is 14.9. The van der Waals surface area contributed by atoms with Gasteiger partial charge < -0.3 is 35.1 Å². The molecule has 1 aliphatic carbocycles. The van der Waals surface area contributed by atoms with Gasteiger partial charge in [-0.1, -0.05) is 35.9 Å². The summed E-state index contributed by atoms with van der Waals surface area (Å²) < 4.78 is 60.7. The largest absolute Gasteiger partial charge is 0.481 e. The van der Waals surface area contributed by atoms with Crippen molar-refractivity contribution < 1.29 is 37.0 Å². The first-order valence-corrected chi connectivity index (χ1v) is 19.4. The first-order chi connectivity index (χ1) is 27.4. The second-order valence-electron chi connectivity index (χ2n) is 14.5. The SMILES string of the molecule is COc1nc(-c2ccnc(-c3cccc4c3CC[C@H]4Oc3nc(OC)c(CNC[C@@H]4CCC(=O)N4)cc3C(F)(F)F)c2Cl)ccc1CNC1CCN(C(C)=O)CC1. The minimum absolute atomic E-state index is 0.0155. The van der Waals surface area contributed by atoms with Gasteiger partial charge in [0, 0.05) is 86.6 Å². The summed E-state index contributed by atoms with van der Waals surface area (Å²) in [6, 6.07) is 12.4. The lowest BCUT2D eigenvalue weighted by molar-refractivity contribution is -0.139. The number of aromatic nitrogens is 3. The first kappa shape index (κ1) is 40.2. The highest BCUT2D eigenvalue weighted by Gasteiger charge is 2.39. The molecule has 2 amide bonds. The van der Waals surface area contributed by atoms with E-state index in [2.05, 4.69) is 25.9 Å². The molecule has 7 rings (SSSR count). The summed E-state index contributed by atoms with van der Waals surface area (Å²) in [7, 11) is 2.92. The van der Waals surface area contributed by atoms with E-state index in [0.717, 1.165) is 54.3 Å². The van der Waals surface area contributed by atoms with Crippen molar-refractivity contribution in [3.8, 4) is 40.2 Å². The Morgan fingerprint density at radius 3 is 2.42 bits per heavy atom. The number of likely N-dealkylation sites (tertiary alicyclic amines) is 1. The number of nitrogens with zero attached hydrogens (tertiary/aromatic N) is 4. The van der Waals surface area contributed by atoms with Crippen molar-refractivity contribution in [3.63, 3.8) is 0 Å². The molecule has 0 spiro atoms. The maximum atomic E-state index is 14.5. The molecule has 5 heterocycles. The van der Waals surface area contributed by atoms with Crippen LogP contribution in [0.1, 0.15) is 72.9 Å². The highest BCUT2D eigenvalue weighted by atomic mass is 35.5. The molecule has 2 saturated heterocycles. The quantitative estimate of drug-likeness (QED) is 0.139. The predicted octanol–water partition coefficient (Wildman–Crippen LogP) is 6.43. The molecule has 4 aromatic rings. The monoisotopic (exact) mass is 807 g/mol. The molecule has 16 heteroatoms. The van der Waals surface area contributed by atoms with Crippen LogP contribution in [-0.4, -0.2) is 77.6 Å². The van der Waals surface area contributed by atoms with E-state index in [1.54, 1.807) is 26.3 Å². The standard InChI is InChI=1S/C41H45ClF3N7O5/c1-23(53)52-17-14-26(15-18-52)48-21-24-7-10-33(50-38(24)55-2)31-13-16-47-37(36(31)42)30-6-4-5-29-28(30)9-11-34(29)57-40-32(41(43,44)45)19-25(39(51-40)56-3)20-46-22-27-8-12-35(54)49-27/h4-7,10,13,16,19,26-27,34,46,48H,8-9,11-12,14-15,17-18,20-22H2,1-3H3,(H,49,54)/t27-,34+/m0/s1. The number of benzene rings is 1. The van der Waals surface area contributed by atoms with E-state index in [-0.39, 0.29) is 41.9 Å².